The Bertz CT molecular complexity index is 690. The van der Waals surface area contributed by atoms with Gasteiger partial charge in [-0.05, 0) is 45.4 Å². The Morgan fingerprint density at radius 1 is 1.48 bits per heavy atom. The Hall–Kier alpha value is -1.80. The Kier molecular flexibility index (Phi) is 6.29. The lowest BCUT2D eigenvalue weighted by Crippen LogP contribution is -2.30. The van der Waals surface area contributed by atoms with Gasteiger partial charge in [0, 0.05) is 4.47 Å². The van der Waals surface area contributed by atoms with Crippen LogP contribution in [0.3, 0.4) is 0 Å². The molecule has 0 aliphatic carbocycles. The standard InChI is InChI=1S/C17H22BrN3O4/c1-5-24-15(22)11(2)19-20-13-7-6-12(14(18)8-13)9-21-16(23)17(3,4)10-25-21/h6-8,11H,5,9-10H2,1-4H3. The summed E-state index contributed by atoms with van der Waals surface area (Å²) in [7, 11) is 0. The average molecular weight is 412 g/mol. The third kappa shape index (κ3) is 4.85. The molecule has 0 spiro atoms. The number of rotatable bonds is 6. The molecule has 2 rings (SSSR count). The lowest BCUT2D eigenvalue weighted by molar-refractivity contribution is -0.165. The van der Waals surface area contributed by atoms with Gasteiger partial charge in [-0.15, -0.1) is 0 Å². The smallest absolute Gasteiger partial charge is 0.332 e. The first-order chi connectivity index (χ1) is 11.7. The summed E-state index contributed by atoms with van der Waals surface area (Å²) in [6.07, 6.45) is 0. The maximum Gasteiger partial charge on any atom is 0.332 e. The summed E-state index contributed by atoms with van der Waals surface area (Å²) in [6.45, 7) is 8.13. The minimum absolute atomic E-state index is 0.0357. The van der Waals surface area contributed by atoms with Gasteiger partial charge in [-0.25, -0.2) is 9.86 Å². The predicted octanol–water partition coefficient (Wildman–Crippen LogP) is 3.78. The number of hydrogen-bond acceptors (Lipinski definition) is 6. The minimum Gasteiger partial charge on any atom is -0.464 e. The van der Waals surface area contributed by atoms with E-state index in [-0.39, 0.29) is 5.91 Å². The van der Waals surface area contributed by atoms with Crippen molar-refractivity contribution in [3.63, 3.8) is 0 Å². The van der Waals surface area contributed by atoms with E-state index in [1.54, 1.807) is 26.0 Å². The topological polar surface area (TPSA) is 80.6 Å². The zero-order chi connectivity index (χ0) is 18.6. The van der Waals surface area contributed by atoms with E-state index >= 15 is 0 Å². The van der Waals surface area contributed by atoms with Gasteiger partial charge in [0.1, 0.15) is 0 Å². The van der Waals surface area contributed by atoms with Crippen LogP contribution in [0.25, 0.3) is 0 Å². The second-order valence-electron chi connectivity index (χ2n) is 6.42. The predicted molar refractivity (Wildman–Crippen MR) is 95.0 cm³/mol. The monoisotopic (exact) mass is 411 g/mol. The molecule has 0 bridgehead atoms. The van der Waals surface area contributed by atoms with Crippen molar-refractivity contribution in [2.24, 2.45) is 15.6 Å². The quantitative estimate of drug-likeness (QED) is 0.526. The van der Waals surface area contributed by atoms with Crippen molar-refractivity contribution in [3.05, 3.63) is 28.2 Å². The molecule has 7 nitrogen and oxygen atoms in total. The first-order valence-electron chi connectivity index (χ1n) is 8.05. The zero-order valence-corrected chi connectivity index (χ0v) is 16.4. The van der Waals surface area contributed by atoms with E-state index in [1.165, 1.54) is 5.06 Å². The van der Waals surface area contributed by atoms with Crippen LogP contribution >= 0.6 is 15.9 Å². The molecular weight excluding hydrogens is 390 g/mol. The van der Waals surface area contributed by atoms with Gasteiger partial charge < -0.3 is 4.74 Å². The highest BCUT2D eigenvalue weighted by Crippen LogP contribution is 2.31. The van der Waals surface area contributed by atoms with Gasteiger partial charge in [0.25, 0.3) is 5.91 Å². The molecule has 136 valence electrons. The third-order valence-electron chi connectivity index (χ3n) is 3.71. The molecule has 1 unspecified atom stereocenters. The van der Waals surface area contributed by atoms with Gasteiger partial charge in [-0.3, -0.25) is 9.63 Å². The lowest BCUT2D eigenvalue weighted by Gasteiger charge is -2.17. The SMILES string of the molecule is CCOC(=O)C(C)N=Nc1ccc(CN2OCC(C)(C)C2=O)c(Br)c1. The van der Waals surface area contributed by atoms with Gasteiger partial charge >= 0.3 is 5.97 Å². The number of halogens is 1. The first-order valence-corrected chi connectivity index (χ1v) is 8.84. The molecule has 1 heterocycles. The summed E-state index contributed by atoms with van der Waals surface area (Å²) in [5.41, 5.74) is 0.994. The van der Waals surface area contributed by atoms with Crippen LogP contribution in [0.2, 0.25) is 0 Å². The summed E-state index contributed by atoms with van der Waals surface area (Å²) in [4.78, 5) is 29.2. The van der Waals surface area contributed by atoms with E-state index in [0.717, 1.165) is 10.0 Å². The summed E-state index contributed by atoms with van der Waals surface area (Å²) in [5, 5.41) is 9.40. The van der Waals surface area contributed by atoms with Gasteiger partial charge in [-0.1, -0.05) is 22.0 Å². The number of hydroxylamine groups is 2. The molecule has 0 saturated carbocycles. The maximum atomic E-state index is 12.2. The number of nitrogens with zero attached hydrogens (tertiary/aromatic N) is 3. The molecule has 1 atom stereocenters. The van der Waals surface area contributed by atoms with Crippen molar-refractivity contribution < 1.29 is 19.2 Å². The van der Waals surface area contributed by atoms with Crippen LogP contribution in [0.4, 0.5) is 5.69 Å². The van der Waals surface area contributed by atoms with Crippen molar-refractivity contribution in [1.29, 1.82) is 0 Å². The second kappa shape index (κ2) is 8.05. The highest BCUT2D eigenvalue weighted by Gasteiger charge is 2.40. The molecule has 25 heavy (non-hydrogen) atoms. The van der Waals surface area contributed by atoms with E-state index in [9.17, 15) is 9.59 Å². The molecule has 1 saturated heterocycles. The fourth-order valence-corrected chi connectivity index (χ4v) is 2.65. The number of ether oxygens (including phenoxy) is 1. The molecule has 8 heteroatoms. The van der Waals surface area contributed by atoms with Crippen LogP contribution in [-0.2, 0) is 25.7 Å². The number of benzene rings is 1. The number of esters is 1. The highest BCUT2D eigenvalue weighted by atomic mass is 79.9. The normalized spacial score (nSPS) is 18.0. The van der Waals surface area contributed by atoms with Gasteiger partial charge in [0.15, 0.2) is 6.04 Å². The first kappa shape index (κ1) is 19.5. The molecule has 0 aromatic heterocycles. The van der Waals surface area contributed by atoms with Crippen LogP contribution in [0, 0.1) is 5.41 Å². The minimum atomic E-state index is -0.656. The fourth-order valence-electron chi connectivity index (χ4n) is 2.16. The van der Waals surface area contributed by atoms with Crippen molar-refractivity contribution in [2.45, 2.75) is 40.3 Å². The Labute approximate surface area is 155 Å². The fraction of sp³-hybridized carbons (Fsp3) is 0.529. The molecule has 1 aliphatic rings. The Balaban J connectivity index is 2.03. The van der Waals surface area contributed by atoms with Crippen molar-refractivity contribution in [2.75, 3.05) is 13.2 Å². The largest absolute Gasteiger partial charge is 0.464 e. The summed E-state index contributed by atoms with van der Waals surface area (Å²) in [5.74, 6) is -0.444. The Morgan fingerprint density at radius 3 is 2.76 bits per heavy atom. The van der Waals surface area contributed by atoms with E-state index in [4.69, 9.17) is 9.57 Å². The van der Waals surface area contributed by atoms with E-state index in [2.05, 4.69) is 26.2 Å². The van der Waals surface area contributed by atoms with Gasteiger partial charge in [0.2, 0.25) is 0 Å². The molecule has 1 aromatic carbocycles. The number of amides is 1. The number of carbonyl (C=O) groups is 2. The molecule has 1 aliphatic heterocycles. The molecule has 1 amide bonds. The van der Waals surface area contributed by atoms with E-state index in [1.807, 2.05) is 19.9 Å². The van der Waals surface area contributed by atoms with Crippen LogP contribution in [0.5, 0.6) is 0 Å². The summed E-state index contributed by atoms with van der Waals surface area (Å²) in [6, 6.07) is 4.74. The second-order valence-corrected chi connectivity index (χ2v) is 7.27. The molecular formula is C17H22BrN3O4. The third-order valence-corrected chi connectivity index (χ3v) is 4.45. The van der Waals surface area contributed by atoms with Crippen LogP contribution in [0.1, 0.15) is 33.3 Å². The number of azo groups is 1. The summed E-state index contributed by atoms with van der Waals surface area (Å²) < 4.78 is 5.67. The number of carbonyl (C=O) groups excluding carboxylic acids is 2. The van der Waals surface area contributed by atoms with Crippen LogP contribution in [0.15, 0.2) is 32.9 Å². The average Bonchev–Trinajstić information content (AvgIpc) is 2.82. The van der Waals surface area contributed by atoms with Crippen molar-refractivity contribution in [3.8, 4) is 0 Å². The van der Waals surface area contributed by atoms with Crippen LogP contribution in [-0.4, -0.2) is 36.2 Å². The van der Waals surface area contributed by atoms with E-state index < -0.39 is 17.4 Å². The molecule has 1 fully saturated rings. The Morgan fingerprint density at radius 2 is 2.20 bits per heavy atom. The van der Waals surface area contributed by atoms with E-state index in [0.29, 0.717) is 25.4 Å². The molecule has 1 aromatic rings. The highest BCUT2D eigenvalue weighted by molar-refractivity contribution is 9.10. The van der Waals surface area contributed by atoms with Gasteiger partial charge in [-0.2, -0.15) is 10.2 Å². The lowest BCUT2D eigenvalue weighted by atomic mass is 9.95. The summed E-state index contributed by atoms with van der Waals surface area (Å²) >= 11 is 3.48. The van der Waals surface area contributed by atoms with Crippen LogP contribution < -0.4 is 0 Å². The number of hydrogen-bond donors (Lipinski definition) is 0. The maximum absolute atomic E-state index is 12.2. The molecule has 0 radical (unpaired) electrons. The molecule has 0 N–H and O–H groups in total. The zero-order valence-electron chi connectivity index (χ0n) is 14.8. The van der Waals surface area contributed by atoms with Gasteiger partial charge in [0.05, 0.1) is 30.9 Å². The van der Waals surface area contributed by atoms with Crippen molar-refractivity contribution >= 4 is 33.5 Å². The van der Waals surface area contributed by atoms with Crippen molar-refractivity contribution in [1.82, 2.24) is 5.06 Å².